The summed E-state index contributed by atoms with van der Waals surface area (Å²) in [6, 6.07) is 5.59. The third-order valence-corrected chi connectivity index (χ3v) is 4.86. The van der Waals surface area contributed by atoms with Crippen LogP contribution in [0.1, 0.15) is 26.6 Å². The van der Waals surface area contributed by atoms with Crippen LogP contribution in [0.4, 0.5) is 5.82 Å². The van der Waals surface area contributed by atoms with E-state index in [-0.39, 0.29) is 26.2 Å². The molecule has 1 aromatic carbocycles. The van der Waals surface area contributed by atoms with E-state index in [0.29, 0.717) is 5.82 Å². The lowest BCUT2D eigenvalue weighted by Gasteiger charge is -2.17. The van der Waals surface area contributed by atoms with E-state index in [4.69, 9.17) is 23.2 Å². The molecule has 1 N–H and O–H groups in total. The second-order valence-corrected chi connectivity index (χ2v) is 8.19. The Hall–Kier alpha value is -1.37. The molecule has 22 heavy (non-hydrogen) atoms. The number of rotatable bonds is 3. The predicted octanol–water partition coefficient (Wildman–Crippen LogP) is 3.88. The van der Waals surface area contributed by atoms with E-state index < -0.39 is 10.0 Å². The largest absolute Gasteiger partial charge is 0.263 e. The van der Waals surface area contributed by atoms with Crippen LogP contribution in [0, 0.1) is 0 Å². The standard InChI is InChI=1S/C14H15Cl2N3O2S/c1-14(2,3)13-17-7-6-12(18-13)19-22(20,21)9-4-5-10(15)11(16)8-9/h4-8H,1-3H3,(H,17,18,19). The van der Waals surface area contributed by atoms with E-state index in [1.54, 1.807) is 0 Å². The second kappa shape index (κ2) is 6.02. The summed E-state index contributed by atoms with van der Waals surface area (Å²) in [7, 11) is -3.80. The van der Waals surface area contributed by atoms with Crippen molar-refractivity contribution in [3.8, 4) is 0 Å². The lowest BCUT2D eigenvalue weighted by molar-refractivity contribution is 0.546. The molecule has 0 fully saturated rings. The molecule has 0 aliphatic rings. The van der Waals surface area contributed by atoms with Gasteiger partial charge in [-0.15, -0.1) is 0 Å². The fraction of sp³-hybridized carbons (Fsp3) is 0.286. The molecular weight excluding hydrogens is 345 g/mol. The molecule has 0 aliphatic carbocycles. The smallest absolute Gasteiger partial charge is 0.263 e. The van der Waals surface area contributed by atoms with E-state index in [1.807, 2.05) is 20.8 Å². The Kier molecular flexibility index (Phi) is 4.65. The molecule has 0 atom stereocenters. The van der Waals surface area contributed by atoms with Crippen LogP contribution < -0.4 is 4.72 Å². The first-order valence-electron chi connectivity index (χ1n) is 6.41. The van der Waals surface area contributed by atoms with Crippen LogP contribution in [0.5, 0.6) is 0 Å². The van der Waals surface area contributed by atoms with Crippen LogP contribution in [0.25, 0.3) is 0 Å². The van der Waals surface area contributed by atoms with Crippen molar-refractivity contribution in [1.82, 2.24) is 9.97 Å². The summed E-state index contributed by atoms with van der Waals surface area (Å²) in [5.41, 5.74) is -0.287. The van der Waals surface area contributed by atoms with Gasteiger partial charge in [-0.05, 0) is 24.3 Å². The molecule has 0 aliphatic heterocycles. The molecule has 0 saturated heterocycles. The molecule has 118 valence electrons. The van der Waals surface area contributed by atoms with Crippen LogP contribution in [0.2, 0.25) is 10.0 Å². The lowest BCUT2D eigenvalue weighted by atomic mass is 9.96. The van der Waals surface area contributed by atoms with Gasteiger partial charge in [0.05, 0.1) is 14.9 Å². The molecule has 5 nitrogen and oxygen atoms in total. The molecule has 2 aromatic rings. The van der Waals surface area contributed by atoms with Gasteiger partial charge in [-0.3, -0.25) is 4.72 Å². The molecule has 0 unspecified atom stereocenters. The highest BCUT2D eigenvalue weighted by molar-refractivity contribution is 7.92. The highest BCUT2D eigenvalue weighted by atomic mass is 35.5. The summed E-state index contributed by atoms with van der Waals surface area (Å²) < 4.78 is 27.1. The Morgan fingerprint density at radius 3 is 2.36 bits per heavy atom. The van der Waals surface area contributed by atoms with Crippen molar-refractivity contribution in [2.45, 2.75) is 31.1 Å². The number of nitrogens with one attached hydrogen (secondary N) is 1. The van der Waals surface area contributed by atoms with Crippen molar-refractivity contribution < 1.29 is 8.42 Å². The number of hydrogen-bond donors (Lipinski definition) is 1. The van der Waals surface area contributed by atoms with Crippen LogP contribution in [-0.4, -0.2) is 18.4 Å². The van der Waals surface area contributed by atoms with E-state index >= 15 is 0 Å². The minimum Gasteiger partial charge on any atom is -0.263 e. The zero-order chi connectivity index (χ0) is 16.5. The molecule has 0 saturated carbocycles. The molecule has 8 heteroatoms. The van der Waals surface area contributed by atoms with Gasteiger partial charge < -0.3 is 0 Å². The zero-order valence-corrected chi connectivity index (χ0v) is 14.6. The molecule has 1 aromatic heterocycles. The summed E-state index contributed by atoms with van der Waals surface area (Å²) in [4.78, 5) is 8.40. The van der Waals surface area contributed by atoms with E-state index in [1.165, 1.54) is 30.5 Å². The topological polar surface area (TPSA) is 72.0 Å². The van der Waals surface area contributed by atoms with Crippen molar-refractivity contribution in [2.75, 3.05) is 4.72 Å². The zero-order valence-electron chi connectivity index (χ0n) is 12.3. The van der Waals surface area contributed by atoms with Gasteiger partial charge in [0.1, 0.15) is 11.6 Å². The fourth-order valence-electron chi connectivity index (χ4n) is 1.62. The van der Waals surface area contributed by atoms with Crippen molar-refractivity contribution in [3.63, 3.8) is 0 Å². The number of sulfonamides is 1. The van der Waals surface area contributed by atoms with Gasteiger partial charge in [-0.2, -0.15) is 0 Å². The van der Waals surface area contributed by atoms with Gasteiger partial charge in [-0.25, -0.2) is 18.4 Å². The average Bonchev–Trinajstić information content (AvgIpc) is 2.40. The molecular formula is C14H15Cl2N3O2S. The van der Waals surface area contributed by atoms with Crippen LogP contribution in [0.15, 0.2) is 35.4 Å². The van der Waals surface area contributed by atoms with Crippen molar-refractivity contribution in [2.24, 2.45) is 0 Å². The van der Waals surface area contributed by atoms with E-state index in [0.717, 1.165) is 0 Å². The van der Waals surface area contributed by atoms with Gasteiger partial charge in [-0.1, -0.05) is 44.0 Å². The quantitative estimate of drug-likeness (QED) is 0.902. The predicted molar refractivity (Wildman–Crippen MR) is 88.0 cm³/mol. The maximum atomic E-state index is 12.4. The van der Waals surface area contributed by atoms with Gasteiger partial charge in [0.25, 0.3) is 10.0 Å². The molecule has 0 amide bonds. The molecule has 0 spiro atoms. The lowest BCUT2D eigenvalue weighted by Crippen LogP contribution is -2.19. The van der Waals surface area contributed by atoms with E-state index in [9.17, 15) is 8.42 Å². The highest BCUT2D eigenvalue weighted by Crippen LogP contribution is 2.26. The minimum atomic E-state index is -3.80. The normalized spacial score (nSPS) is 12.2. The first-order valence-corrected chi connectivity index (χ1v) is 8.65. The highest BCUT2D eigenvalue weighted by Gasteiger charge is 2.20. The first kappa shape index (κ1) is 17.0. The van der Waals surface area contributed by atoms with Gasteiger partial charge in [0.15, 0.2) is 0 Å². The Balaban J connectivity index is 2.35. The second-order valence-electron chi connectivity index (χ2n) is 5.70. The van der Waals surface area contributed by atoms with Crippen LogP contribution in [-0.2, 0) is 15.4 Å². The van der Waals surface area contributed by atoms with Crippen LogP contribution in [0.3, 0.4) is 0 Å². The monoisotopic (exact) mass is 359 g/mol. The van der Waals surface area contributed by atoms with Crippen molar-refractivity contribution in [3.05, 3.63) is 46.3 Å². The van der Waals surface area contributed by atoms with Gasteiger partial charge in [0.2, 0.25) is 0 Å². The number of hydrogen-bond acceptors (Lipinski definition) is 4. The fourth-order valence-corrected chi connectivity index (χ4v) is 3.01. The number of benzene rings is 1. The van der Waals surface area contributed by atoms with Gasteiger partial charge >= 0.3 is 0 Å². The summed E-state index contributed by atoms with van der Waals surface area (Å²) in [6.07, 6.45) is 1.51. The molecule has 0 radical (unpaired) electrons. The summed E-state index contributed by atoms with van der Waals surface area (Å²) in [5, 5.41) is 0.459. The average molecular weight is 360 g/mol. The Morgan fingerprint density at radius 2 is 1.77 bits per heavy atom. The maximum absolute atomic E-state index is 12.4. The Morgan fingerprint density at radius 1 is 1.09 bits per heavy atom. The van der Waals surface area contributed by atoms with Crippen LogP contribution >= 0.6 is 23.2 Å². The van der Waals surface area contributed by atoms with Gasteiger partial charge in [0, 0.05) is 11.6 Å². The van der Waals surface area contributed by atoms with E-state index in [2.05, 4.69) is 14.7 Å². The summed E-state index contributed by atoms with van der Waals surface area (Å²) in [6.45, 7) is 5.83. The van der Waals surface area contributed by atoms with Crippen molar-refractivity contribution in [1.29, 1.82) is 0 Å². The Bertz CT molecular complexity index is 802. The third-order valence-electron chi connectivity index (χ3n) is 2.77. The SMILES string of the molecule is CC(C)(C)c1nccc(NS(=O)(=O)c2ccc(Cl)c(Cl)c2)n1. The number of halogens is 2. The third kappa shape index (κ3) is 3.88. The molecule has 0 bridgehead atoms. The number of nitrogens with zero attached hydrogens (tertiary/aromatic N) is 2. The first-order chi connectivity index (χ1) is 10.1. The maximum Gasteiger partial charge on any atom is 0.263 e. The van der Waals surface area contributed by atoms with Crippen molar-refractivity contribution >= 4 is 39.0 Å². The minimum absolute atomic E-state index is 0.0119. The Labute approximate surface area is 139 Å². The summed E-state index contributed by atoms with van der Waals surface area (Å²) in [5.74, 6) is 0.743. The molecule has 2 rings (SSSR count). The summed E-state index contributed by atoms with van der Waals surface area (Å²) >= 11 is 11.7. The molecule has 1 heterocycles. The number of anilines is 1. The number of aromatic nitrogens is 2.